The van der Waals surface area contributed by atoms with Gasteiger partial charge in [0, 0.05) is 6.07 Å². The maximum Gasteiger partial charge on any atom is 0.269 e. The van der Waals surface area contributed by atoms with Crippen molar-refractivity contribution in [3.63, 3.8) is 0 Å². The average molecular weight is 189 g/mol. The molecule has 0 amide bonds. The minimum absolute atomic E-state index is 0.0787. The topological polar surface area (TPSA) is 23.8 Å². The van der Waals surface area contributed by atoms with Crippen molar-refractivity contribution in [1.29, 1.82) is 5.26 Å². The molecule has 0 aliphatic rings. The molecular weight excluding hydrogens is 186 g/mol. The van der Waals surface area contributed by atoms with Crippen LogP contribution in [0.5, 0.6) is 0 Å². The van der Waals surface area contributed by atoms with E-state index in [2.05, 4.69) is 20.9 Å². The lowest BCUT2D eigenvalue weighted by Crippen LogP contribution is -1.54. The van der Waals surface area contributed by atoms with Crippen molar-refractivity contribution in [3.8, 4) is 6.07 Å². The molecule has 0 saturated carbocycles. The fourth-order valence-electron chi connectivity index (χ4n) is 0.415. The van der Waals surface area contributed by atoms with Crippen LogP contribution in [-0.4, -0.2) is 0 Å². The number of thiophene rings is 1. The summed E-state index contributed by atoms with van der Waals surface area (Å²) in [6.45, 7) is 0. The van der Waals surface area contributed by atoms with Gasteiger partial charge < -0.3 is 0 Å². The molecular formula is C5H3BrNS+. The quantitative estimate of drug-likeness (QED) is 0.575. The van der Waals surface area contributed by atoms with Crippen LogP contribution >= 0.6 is 23.7 Å². The molecule has 0 aliphatic heterocycles. The first-order chi connectivity index (χ1) is 3.84. The SMILES string of the molecule is N#Cc1ccc[s+]1Br. The smallest absolute Gasteiger partial charge is 0.187 e. The molecule has 1 nitrogen and oxygen atoms in total. The maximum atomic E-state index is 8.36. The zero-order valence-corrected chi connectivity index (χ0v) is 6.37. The van der Waals surface area contributed by atoms with E-state index in [4.69, 9.17) is 5.26 Å². The van der Waals surface area contributed by atoms with Gasteiger partial charge in [-0.2, -0.15) is 5.26 Å². The molecule has 1 heterocycles. The van der Waals surface area contributed by atoms with Gasteiger partial charge in [-0.25, -0.2) is 0 Å². The Bertz CT molecular complexity index is 223. The summed E-state index contributed by atoms with van der Waals surface area (Å²) in [5.74, 6) is 0. The minimum Gasteiger partial charge on any atom is -0.187 e. The average Bonchev–Trinajstić information content (AvgIpc) is 2.14. The third kappa shape index (κ3) is 0.908. The van der Waals surface area contributed by atoms with Crippen molar-refractivity contribution in [1.82, 2.24) is 0 Å². The van der Waals surface area contributed by atoms with E-state index >= 15 is 0 Å². The van der Waals surface area contributed by atoms with Crippen LogP contribution in [-0.2, 0) is 0 Å². The van der Waals surface area contributed by atoms with Crippen molar-refractivity contribution in [2.75, 3.05) is 0 Å². The molecule has 0 saturated heterocycles. The van der Waals surface area contributed by atoms with Gasteiger partial charge in [0.15, 0.2) is 11.4 Å². The van der Waals surface area contributed by atoms with Gasteiger partial charge in [-0.1, -0.05) is 0 Å². The van der Waals surface area contributed by atoms with E-state index in [9.17, 15) is 0 Å². The molecule has 1 unspecified atom stereocenters. The van der Waals surface area contributed by atoms with Crippen molar-refractivity contribution in [2.24, 2.45) is 0 Å². The van der Waals surface area contributed by atoms with E-state index in [1.54, 1.807) is 0 Å². The predicted molar refractivity (Wildman–Crippen MR) is 38.0 cm³/mol. The fourth-order valence-corrected chi connectivity index (χ4v) is 1.99. The Balaban J connectivity index is 3.15. The number of rotatable bonds is 0. The fraction of sp³-hybridized carbons (Fsp3) is 0. The highest BCUT2D eigenvalue weighted by atomic mass is 79.9. The van der Waals surface area contributed by atoms with Gasteiger partial charge in [0.25, 0.3) is 19.7 Å². The first-order valence-corrected chi connectivity index (χ1v) is 5.15. The first-order valence-electron chi connectivity index (χ1n) is 2.02. The van der Waals surface area contributed by atoms with Crippen LogP contribution in [0.15, 0.2) is 17.5 Å². The van der Waals surface area contributed by atoms with Crippen LogP contribution in [0.25, 0.3) is 0 Å². The van der Waals surface area contributed by atoms with Crippen molar-refractivity contribution < 1.29 is 0 Å². The molecule has 8 heavy (non-hydrogen) atoms. The summed E-state index contributed by atoms with van der Waals surface area (Å²) >= 11 is 3.32. The summed E-state index contributed by atoms with van der Waals surface area (Å²) < 4.78 is 0. The maximum absolute atomic E-state index is 8.36. The molecule has 0 bridgehead atoms. The highest BCUT2D eigenvalue weighted by Gasteiger charge is 2.06. The Morgan fingerprint density at radius 1 is 1.75 bits per heavy atom. The zero-order valence-electron chi connectivity index (χ0n) is 3.97. The van der Waals surface area contributed by atoms with Gasteiger partial charge in [0.2, 0.25) is 0 Å². The summed E-state index contributed by atoms with van der Waals surface area (Å²) in [7, 11) is -0.0787. The lowest BCUT2D eigenvalue weighted by molar-refractivity contribution is 1.52. The Morgan fingerprint density at radius 2 is 2.50 bits per heavy atom. The van der Waals surface area contributed by atoms with Crippen LogP contribution in [0.2, 0.25) is 0 Å². The Hall–Kier alpha value is -0.330. The molecule has 0 aliphatic carbocycles. The Morgan fingerprint density at radius 3 is 2.75 bits per heavy atom. The van der Waals surface area contributed by atoms with E-state index in [0.29, 0.717) is 0 Å². The summed E-state index contributed by atoms with van der Waals surface area (Å²) in [5.41, 5.74) is 0. The number of hydrogen-bond donors (Lipinski definition) is 0. The second-order valence-corrected chi connectivity index (χ2v) is 4.63. The van der Waals surface area contributed by atoms with E-state index in [1.807, 2.05) is 17.5 Å². The number of hydrogen-bond acceptors (Lipinski definition) is 1. The molecule has 1 aromatic heterocycles. The van der Waals surface area contributed by atoms with Gasteiger partial charge >= 0.3 is 0 Å². The number of nitriles is 1. The zero-order chi connectivity index (χ0) is 5.98. The second-order valence-electron chi connectivity index (χ2n) is 1.26. The van der Waals surface area contributed by atoms with Crippen LogP contribution in [0.1, 0.15) is 4.88 Å². The van der Waals surface area contributed by atoms with E-state index in [-0.39, 0.29) is 8.90 Å². The Kier molecular flexibility index (Phi) is 1.66. The molecule has 0 radical (unpaired) electrons. The third-order valence-electron chi connectivity index (χ3n) is 0.766. The second kappa shape index (κ2) is 2.29. The predicted octanol–water partition coefficient (Wildman–Crippen LogP) is 2.47. The summed E-state index contributed by atoms with van der Waals surface area (Å²) in [6, 6.07) is 5.78. The summed E-state index contributed by atoms with van der Waals surface area (Å²) in [6.07, 6.45) is 0. The highest BCUT2D eigenvalue weighted by Crippen LogP contribution is 2.29. The summed E-state index contributed by atoms with van der Waals surface area (Å²) in [4.78, 5) is 0.810. The standard InChI is InChI=1S/C5H3BrNS/c6-8-3-1-2-5(8)4-7/h1-3H/q+1. The normalized spacial score (nSPS) is 10.8. The van der Waals surface area contributed by atoms with E-state index in [0.717, 1.165) is 4.88 Å². The lowest BCUT2D eigenvalue weighted by atomic mass is 10.5. The summed E-state index contributed by atoms with van der Waals surface area (Å²) in [5, 5.41) is 10.3. The number of halogens is 1. The van der Waals surface area contributed by atoms with Crippen molar-refractivity contribution in [2.45, 2.75) is 0 Å². The molecule has 0 spiro atoms. The first kappa shape index (κ1) is 5.80. The molecule has 40 valence electrons. The van der Waals surface area contributed by atoms with Crippen LogP contribution in [0, 0.1) is 11.3 Å². The van der Waals surface area contributed by atoms with Gasteiger partial charge in [-0.15, -0.1) is 0 Å². The van der Waals surface area contributed by atoms with Gasteiger partial charge in [0.05, 0.1) is 8.90 Å². The van der Waals surface area contributed by atoms with Crippen LogP contribution in [0.4, 0.5) is 0 Å². The largest absolute Gasteiger partial charge is 0.269 e. The lowest BCUT2D eigenvalue weighted by Gasteiger charge is -1.63. The molecule has 1 aromatic rings. The Labute approximate surface area is 57.7 Å². The number of nitrogens with zero attached hydrogens (tertiary/aromatic N) is 1. The van der Waals surface area contributed by atoms with Crippen LogP contribution in [0.3, 0.4) is 0 Å². The van der Waals surface area contributed by atoms with Gasteiger partial charge in [-0.05, 0) is 6.07 Å². The molecule has 0 fully saturated rings. The van der Waals surface area contributed by atoms with Gasteiger partial charge in [0.1, 0.15) is 0 Å². The van der Waals surface area contributed by atoms with E-state index < -0.39 is 0 Å². The van der Waals surface area contributed by atoms with E-state index in [1.165, 1.54) is 0 Å². The van der Waals surface area contributed by atoms with Crippen LogP contribution < -0.4 is 0 Å². The molecule has 0 aromatic carbocycles. The van der Waals surface area contributed by atoms with Crippen molar-refractivity contribution >= 4 is 23.7 Å². The van der Waals surface area contributed by atoms with Gasteiger partial charge in [-0.3, -0.25) is 0 Å². The van der Waals surface area contributed by atoms with Crippen molar-refractivity contribution in [3.05, 3.63) is 22.4 Å². The molecule has 0 N–H and O–H groups in total. The monoisotopic (exact) mass is 188 g/mol. The molecule has 1 atom stereocenters. The highest BCUT2D eigenvalue weighted by molar-refractivity contribution is 9.34. The third-order valence-corrected chi connectivity index (χ3v) is 3.50. The molecule has 3 heteroatoms. The molecule has 1 rings (SSSR count). The minimum atomic E-state index is -0.0787.